The molecule has 1 amide bonds. The Morgan fingerprint density at radius 1 is 1.11 bits per heavy atom. The highest BCUT2D eigenvalue weighted by atomic mass is 35.5. The molecule has 2 aliphatic heterocycles. The van der Waals surface area contributed by atoms with Crippen LogP contribution in [0, 0.1) is 0 Å². The number of rotatable bonds is 3. The Kier molecular flexibility index (Phi) is 5.12. The number of hydrogen-bond donors (Lipinski definition) is 1. The van der Waals surface area contributed by atoms with E-state index in [0.29, 0.717) is 33.2 Å². The molecular formula is C27H19ClN2O4S. The van der Waals surface area contributed by atoms with Gasteiger partial charge >= 0.3 is 5.91 Å². The van der Waals surface area contributed by atoms with Gasteiger partial charge < -0.3 is 9.84 Å². The summed E-state index contributed by atoms with van der Waals surface area (Å²) in [6.45, 7) is 1.98. The molecule has 4 aromatic rings. The van der Waals surface area contributed by atoms with E-state index in [1.807, 2.05) is 43.3 Å². The molecule has 6 rings (SSSR count). The van der Waals surface area contributed by atoms with Crippen LogP contribution < -0.4 is 9.64 Å². The molecule has 0 aliphatic carbocycles. The van der Waals surface area contributed by atoms with Gasteiger partial charge in [-0.2, -0.15) is 0 Å². The van der Waals surface area contributed by atoms with Crippen LogP contribution in [0.3, 0.4) is 0 Å². The summed E-state index contributed by atoms with van der Waals surface area (Å²) in [5, 5.41) is 12.3. The number of nitrogens with zero attached hydrogens (tertiary/aromatic N) is 2. The summed E-state index contributed by atoms with van der Waals surface area (Å²) < 4.78 is 6.56. The number of benzene rings is 3. The zero-order chi connectivity index (χ0) is 24.3. The summed E-state index contributed by atoms with van der Waals surface area (Å²) in [6, 6.07) is 19.0. The minimum Gasteiger partial charge on any atom is -0.507 e. The highest BCUT2D eigenvalue weighted by Gasteiger charge is 2.48. The number of hydrogen-bond acceptors (Lipinski definition) is 6. The maximum atomic E-state index is 13.4. The zero-order valence-electron chi connectivity index (χ0n) is 18.6. The van der Waals surface area contributed by atoms with Gasteiger partial charge in [-0.25, -0.2) is 4.98 Å². The number of ketones is 1. The first-order valence-corrected chi connectivity index (χ1v) is 12.3. The monoisotopic (exact) mass is 502 g/mol. The normalized spacial score (nSPS) is 20.9. The maximum Gasteiger partial charge on any atom is 0.301 e. The van der Waals surface area contributed by atoms with Crippen molar-refractivity contribution in [1.82, 2.24) is 4.98 Å². The molecule has 1 aromatic heterocycles. The summed E-state index contributed by atoms with van der Waals surface area (Å²) in [6.07, 6.45) is 0.756. The molecule has 35 heavy (non-hydrogen) atoms. The van der Waals surface area contributed by atoms with Gasteiger partial charge in [-0.15, -0.1) is 0 Å². The number of amides is 1. The summed E-state index contributed by atoms with van der Waals surface area (Å²) in [5.41, 5.74) is 2.83. The minimum absolute atomic E-state index is 0.0328. The van der Waals surface area contributed by atoms with Gasteiger partial charge in [0.1, 0.15) is 17.6 Å². The van der Waals surface area contributed by atoms with E-state index < -0.39 is 17.7 Å². The lowest BCUT2D eigenvalue weighted by atomic mass is 9.94. The van der Waals surface area contributed by atoms with Crippen LogP contribution in [-0.4, -0.2) is 27.9 Å². The molecule has 0 radical (unpaired) electrons. The maximum absolute atomic E-state index is 13.4. The lowest BCUT2D eigenvalue weighted by molar-refractivity contribution is -0.132. The molecule has 0 unspecified atom stereocenters. The first-order valence-electron chi connectivity index (χ1n) is 11.1. The first kappa shape index (κ1) is 21.8. The molecule has 2 aliphatic rings. The Morgan fingerprint density at radius 2 is 1.91 bits per heavy atom. The van der Waals surface area contributed by atoms with E-state index >= 15 is 0 Å². The van der Waals surface area contributed by atoms with Gasteiger partial charge in [0.05, 0.1) is 21.8 Å². The molecule has 0 saturated carbocycles. The molecule has 0 spiro atoms. The van der Waals surface area contributed by atoms with Crippen molar-refractivity contribution >= 4 is 55.7 Å². The lowest BCUT2D eigenvalue weighted by Crippen LogP contribution is -2.29. The molecule has 1 saturated heterocycles. The number of carbonyl (C=O) groups excluding carboxylic acids is 2. The van der Waals surface area contributed by atoms with Gasteiger partial charge in [0, 0.05) is 17.0 Å². The van der Waals surface area contributed by atoms with Gasteiger partial charge in [0.2, 0.25) is 0 Å². The number of ether oxygens (including phenoxy) is 1. The van der Waals surface area contributed by atoms with Crippen molar-refractivity contribution in [3.05, 3.63) is 94.0 Å². The van der Waals surface area contributed by atoms with E-state index in [0.717, 1.165) is 16.0 Å². The Hall–Kier alpha value is -3.68. The molecular weight excluding hydrogens is 484 g/mol. The SMILES string of the molecule is C[C@@H]1Cc2cc(/C(O)=C3\C(=O)C(=O)N(c4nc5ccc(Cl)cc5s4)[C@@H]3c3ccccc3)ccc2O1. The highest BCUT2D eigenvalue weighted by molar-refractivity contribution is 7.22. The van der Waals surface area contributed by atoms with E-state index in [-0.39, 0.29) is 17.4 Å². The smallest absolute Gasteiger partial charge is 0.301 e. The molecule has 0 bridgehead atoms. The molecule has 3 heterocycles. The van der Waals surface area contributed by atoms with Crippen molar-refractivity contribution in [3.63, 3.8) is 0 Å². The second kappa shape index (κ2) is 8.22. The molecule has 6 nitrogen and oxygen atoms in total. The molecule has 2 atom stereocenters. The lowest BCUT2D eigenvalue weighted by Gasteiger charge is -2.23. The number of anilines is 1. The fourth-order valence-electron chi connectivity index (χ4n) is 4.69. The predicted molar refractivity (Wildman–Crippen MR) is 136 cm³/mol. The Morgan fingerprint density at radius 3 is 2.71 bits per heavy atom. The van der Waals surface area contributed by atoms with Gasteiger partial charge in [-0.05, 0) is 54.4 Å². The third-order valence-electron chi connectivity index (χ3n) is 6.27. The van der Waals surface area contributed by atoms with E-state index in [1.54, 1.807) is 30.3 Å². The molecule has 1 N–H and O–H groups in total. The fourth-order valence-corrected chi connectivity index (χ4v) is 5.96. The van der Waals surface area contributed by atoms with Crippen LogP contribution in [0.15, 0.2) is 72.3 Å². The number of Topliss-reactive ketones (excluding diaryl/α,β-unsaturated/α-hetero) is 1. The fraction of sp³-hybridized carbons (Fsp3) is 0.148. The van der Waals surface area contributed by atoms with Crippen molar-refractivity contribution in [2.75, 3.05) is 4.90 Å². The van der Waals surface area contributed by atoms with E-state index in [4.69, 9.17) is 16.3 Å². The van der Waals surface area contributed by atoms with Crippen LogP contribution in [-0.2, 0) is 16.0 Å². The van der Waals surface area contributed by atoms with Crippen molar-refractivity contribution in [3.8, 4) is 5.75 Å². The van der Waals surface area contributed by atoms with Crippen LogP contribution >= 0.6 is 22.9 Å². The predicted octanol–water partition coefficient (Wildman–Crippen LogP) is 5.90. The number of carbonyl (C=O) groups is 2. The average Bonchev–Trinajstić information content (AvgIpc) is 3.51. The Balaban J connectivity index is 1.53. The Bertz CT molecular complexity index is 1550. The third kappa shape index (κ3) is 3.59. The van der Waals surface area contributed by atoms with Crippen LogP contribution in [0.4, 0.5) is 5.13 Å². The summed E-state index contributed by atoms with van der Waals surface area (Å²) >= 11 is 7.42. The topological polar surface area (TPSA) is 79.7 Å². The second-order valence-corrected chi connectivity index (χ2v) is 10.1. The van der Waals surface area contributed by atoms with Gasteiger partial charge in [0.15, 0.2) is 5.13 Å². The first-order chi connectivity index (χ1) is 16.9. The number of aliphatic hydroxyl groups excluding tert-OH is 1. The van der Waals surface area contributed by atoms with Crippen molar-refractivity contribution in [2.45, 2.75) is 25.5 Å². The van der Waals surface area contributed by atoms with Crippen LogP contribution in [0.2, 0.25) is 5.02 Å². The number of fused-ring (bicyclic) bond motifs is 2. The molecule has 8 heteroatoms. The third-order valence-corrected chi connectivity index (χ3v) is 7.53. The zero-order valence-corrected chi connectivity index (χ0v) is 20.1. The largest absolute Gasteiger partial charge is 0.507 e. The van der Waals surface area contributed by atoms with Crippen molar-refractivity contribution < 1.29 is 19.4 Å². The van der Waals surface area contributed by atoms with E-state index in [9.17, 15) is 14.7 Å². The average molecular weight is 503 g/mol. The summed E-state index contributed by atoms with van der Waals surface area (Å²) in [4.78, 5) is 32.7. The molecule has 3 aromatic carbocycles. The number of aliphatic hydroxyl groups is 1. The number of halogens is 1. The summed E-state index contributed by atoms with van der Waals surface area (Å²) in [7, 11) is 0. The Labute approximate surface area is 210 Å². The van der Waals surface area contributed by atoms with Crippen LogP contribution in [0.1, 0.15) is 29.7 Å². The minimum atomic E-state index is -0.823. The van der Waals surface area contributed by atoms with E-state index in [2.05, 4.69) is 4.98 Å². The van der Waals surface area contributed by atoms with Crippen LogP contribution in [0.25, 0.3) is 16.0 Å². The quantitative estimate of drug-likeness (QED) is 0.214. The highest BCUT2D eigenvalue weighted by Crippen LogP contribution is 2.45. The van der Waals surface area contributed by atoms with Gasteiger partial charge in [-0.3, -0.25) is 14.5 Å². The molecule has 174 valence electrons. The van der Waals surface area contributed by atoms with Crippen LogP contribution in [0.5, 0.6) is 5.75 Å². The second-order valence-electron chi connectivity index (χ2n) is 8.64. The van der Waals surface area contributed by atoms with Gasteiger partial charge in [0.25, 0.3) is 5.78 Å². The van der Waals surface area contributed by atoms with Gasteiger partial charge in [-0.1, -0.05) is 53.3 Å². The molecule has 1 fully saturated rings. The number of aromatic nitrogens is 1. The van der Waals surface area contributed by atoms with E-state index in [1.165, 1.54) is 16.2 Å². The summed E-state index contributed by atoms with van der Waals surface area (Å²) in [5.74, 6) is -0.934. The van der Waals surface area contributed by atoms with Crippen molar-refractivity contribution in [1.29, 1.82) is 0 Å². The number of thiazole rings is 1. The standard InChI is InChI=1S/C27H19ClN2O4S/c1-14-11-17-12-16(7-10-20(17)34-14)24(31)22-23(15-5-3-2-4-6-15)30(26(33)25(22)32)27-29-19-9-8-18(28)13-21(19)35-27/h2-10,12-14,23,31H,11H2,1H3/b24-22+/t14-,23-/m1/s1. The van der Waals surface area contributed by atoms with Crippen molar-refractivity contribution in [2.24, 2.45) is 0 Å².